The van der Waals surface area contributed by atoms with Gasteiger partial charge in [-0.05, 0) is 31.7 Å². The van der Waals surface area contributed by atoms with Crippen LogP contribution in [0.25, 0.3) is 0 Å². The Labute approximate surface area is 90.5 Å². The molecule has 82 valence electrons. The minimum absolute atomic E-state index is 0.409. The van der Waals surface area contributed by atoms with Crippen LogP contribution in [0.4, 0.5) is 0 Å². The highest BCUT2D eigenvalue weighted by Crippen LogP contribution is 2.54. The van der Waals surface area contributed by atoms with Crippen LogP contribution in [0.2, 0.25) is 0 Å². The number of aromatic nitrogens is 2. The maximum atomic E-state index is 10.4. The summed E-state index contributed by atoms with van der Waals surface area (Å²) in [5.41, 5.74) is 2.22. The summed E-state index contributed by atoms with van der Waals surface area (Å²) >= 11 is 0. The number of nitrogens with zero attached hydrogens (tertiary/aromatic N) is 2. The van der Waals surface area contributed by atoms with E-state index in [9.17, 15) is 5.11 Å². The second kappa shape index (κ2) is 3.56. The van der Waals surface area contributed by atoms with Crippen LogP contribution < -0.4 is 0 Å². The number of aliphatic hydroxyl groups is 1. The molecule has 0 bridgehead atoms. The molecule has 2 unspecified atom stereocenters. The fourth-order valence-corrected chi connectivity index (χ4v) is 2.28. The van der Waals surface area contributed by atoms with E-state index in [0.29, 0.717) is 5.92 Å². The van der Waals surface area contributed by atoms with E-state index in [0.717, 1.165) is 36.2 Å². The van der Waals surface area contributed by atoms with Crippen molar-refractivity contribution in [2.45, 2.75) is 45.6 Å². The predicted molar refractivity (Wildman–Crippen MR) is 58.4 cm³/mol. The van der Waals surface area contributed by atoms with Gasteiger partial charge in [-0.2, -0.15) is 10.2 Å². The molecule has 1 N–H and O–H groups in total. The fourth-order valence-electron chi connectivity index (χ4n) is 2.28. The molecular formula is C12H18N2O. The zero-order valence-corrected chi connectivity index (χ0v) is 9.62. The molecule has 1 heterocycles. The first-order chi connectivity index (χ1) is 7.11. The molecule has 1 saturated carbocycles. The van der Waals surface area contributed by atoms with Gasteiger partial charge >= 0.3 is 0 Å². The minimum atomic E-state index is -0.610. The van der Waals surface area contributed by atoms with Crippen LogP contribution in [0.3, 0.4) is 0 Å². The summed E-state index contributed by atoms with van der Waals surface area (Å²) in [6.45, 7) is 6.09. The van der Waals surface area contributed by atoms with Gasteiger partial charge in [0.2, 0.25) is 0 Å². The molecule has 3 nitrogen and oxygen atoms in total. The van der Waals surface area contributed by atoms with Crippen molar-refractivity contribution in [3.05, 3.63) is 23.0 Å². The van der Waals surface area contributed by atoms with E-state index >= 15 is 0 Å². The van der Waals surface area contributed by atoms with Crippen LogP contribution in [0.15, 0.2) is 6.07 Å². The van der Waals surface area contributed by atoms with Crippen molar-refractivity contribution >= 4 is 0 Å². The van der Waals surface area contributed by atoms with Crippen LogP contribution in [0.5, 0.6) is 0 Å². The zero-order chi connectivity index (χ0) is 11.1. The second-order valence-electron chi connectivity index (χ2n) is 4.43. The number of rotatable bonds is 3. The fraction of sp³-hybridized carbons (Fsp3) is 0.667. The molecular weight excluding hydrogens is 188 g/mol. The Balaban J connectivity index is 2.39. The van der Waals surface area contributed by atoms with Gasteiger partial charge in [0.05, 0.1) is 17.0 Å². The van der Waals surface area contributed by atoms with Gasteiger partial charge in [0, 0.05) is 5.56 Å². The summed E-state index contributed by atoms with van der Waals surface area (Å²) in [4.78, 5) is 0. The number of aryl methyl sites for hydroxylation is 2. The Kier molecular flexibility index (Phi) is 2.51. The molecule has 2 rings (SSSR count). The SMILES string of the molecule is CCc1nnc(C)cc1C1(O)CC1CC. The maximum Gasteiger partial charge on any atom is 0.0948 e. The van der Waals surface area contributed by atoms with Crippen molar-refractivity contribution in [1.82, 2.24) is 10.2 Å². The Morgan fingerprint density at radius 2 is 2.20 bits per heavy atom. The monoisotopic (exact) mass is 206 g/mol. The third-order valence-corrected chi connectivity index (χ3v) is 3.36. The van der Waals surface area contributed by atoms with Crippen LogP contribution in [-0.2, 0) is 12.0 Å². The molecule has 0 amide bonds. The number of hydrogen-bond donors (Lipinski definition) is 1. The van der Waals surface area contributed by atoms with Crippen LogP contribution in [-0.4, -0.2) is 15.3 Å². The Morgan fingerprint density at radius 3 is 2.73 bits per heavy atom. The molecule has 1 aliphatic carbocycles. The van der Waals surface area contributed by atoms with Crippen molar-refractivity contribution in [3.63, 3.8) is 0 Å². The van der Waals surface area contributed by atoms with Crippen LogP contribution >= 0.6 is 0 Å². The summed E-state index contributed by atoms with van der Waals surface area (Å²) in [5, 5.41) is 18.6. The quantitative estimate of drug-likeness (QED) is 0.822. The molecule has 0 aliphatic heterocycles. The van der Waals surface area contributed by atoms with E-state index < -0.39 is 5.60 Å². The molecule has 0 aromatic carbocycles. The normalized spacial score (nSPS) is 29.2. The van der Waals surface area contributed by atoms with Crippen LogP contribution in [0, 0.1) is 12.8 Å². The van der Waals surface area contributed by atoms with E-state index in [1.165, 1.54) is 0 Å². The highest BCUT2D eigenvalue weighted by Gasteiger charge is 2.54. The molecule has 15 heavy (non-hydrogen) atoms. The summed E-state index contributed by atoms with van der Waals surface area (Å²) < 4.78 is 0. The first kappa shape index (κ1) is 10.6. The third kappa shape index (κ3) is 1.65. The van der Waals surface area contributed by atoms with Crippen molar-refractivity contribution in [2.24, 2.45) is 5.92 Å². The zero-order valence-electron chi connectivity index (χ0n) is 9.62. The standard InChI is InChI=1S/C12H18N2O/c1-4-9-7-12(9,15)10-6-8(3)13-14-11(10)5-2/h6,9,15H,4-5,7H2,1-3H3. The summed E-state index contributed by atoms with van der Waals surface area (Å²) in [6, 6.07) is 1.99. The second-order valence-corrected chi connectivity index (χ2v) is 4.43. The van der Waals surface area contributed by atoms with Gasteiger partial charge in [-0.3, -0.25) is 0 Å². The molecule has 1 fully saturated rings. The van der Waals surface area contributed by atoms with E-state index in [1.807, 2.05) is 13.0 Å². The lowest BCUT2D eigenvalue weighted by molar-refractivity contribution is 0.128. The smallest absolute Gasteiger partial charge is 0.0948 e. The van der Waals surface area contributed by atoms with Crippen molar-refractivity contribution in [1.29, 1.82) is 0 Å². The highest BCUT2D eigenvalue weighted by molar-refractivity contribution is 5.33. The minimum Gasteiger partial charge on any atom is -0.385 e. The molecule has 1 aromatic rings. The molecule has 2 atom stereocenters. The van der Waals surface area contributed by atoms with E-state index in [2.05, 4.69) is 24.0 Å². The highest BCUT2D eigenvalue weighted by atomic mass is 16.3. The summed E-state index contributed by atoms with van der Waals surface area (Å²) in [6.07, 6.45) is 2.74. The predicted octanol–water partition coefficient (Wildman–Crippen LogP) is 1.96. The molecule has 1 aromatic heterocycles. The molecule has 0 radical (unpaired) electrons. The van der Waals surface area contributed by atoms with Gasteiger partial charge < -0.3 is 5.11 Å². The van der Waals surface area contributed by atoms with Gasteiger partial charge in [0.25, 0.3) is 0 Å². The molecule has 0 spiro atoms. The average molecular weight is 206 g/mol. The number of hydrogen-bond acceptors (Lipinski definition) is 3. The Bertz CT molecular complexity index is 378. The van der Waals surface area contributed by atoms with Gasteiger partial charge in [-0.1, -0.05) is 20.3 Å². The first-order valence-electron chi connectivity index (χ1n) is 5.67. The third-order valence-electron chi connectivity index (χ3n) is 3.36. The van der Waals surface area contributed by atoms with E-state index in [4.69, 9.17) is 0 Å². The lowest BCUT2D eigenvalue weighted by Gasteiger charge is -2.14. The van der Waals surface area contributed by atoms with E-state index in [1.54, 1.807) is 0 Å². The summed E-state index contributed by atoms with van der Waals surface area (Å²) in [7, 11) is 0. The largest absolute Gasteiger partial charge is 0.385 e. The van der Waals surface area contributed by atoms with Crippen molar-refractivity contribution in [3.8, 4) is 0 Å². The lowest BCUT2D eigenvalue weighted by Crippen LogP contribution is -2.14. The van der Waals surface area contributed by atoms with Gasteiger partial charge in [0.15, 0.2) is 0 Å². The van der Waals surface area contributed by atoms with Gasteiger partial charge in [-0.15, -0.1) is 0 Å². The van der Waals surface area contributed by atoms with Gasteiger partial charge in [-0.25, -0.2) is 0 Å². The van der Waals surface area contributed by atoms with Gasteiger partial charge in [0.1, 0.15) is 0 Å². The lowest BCUT2D eigenvalue weighted by atomic mass is 10.0. The van der Waals surface area contributed by atoms with Crippen LogP contribution in [0.1, 0.15) is 43.6 Å². The Morgan fingerprint density at radius 1 is 1.47 bits per heavy atom. The first-order valence-corrected chi connectivity index (χ1v) is 5.67. The molecule has 3 heteroatoms. The van der Waals surface area contributed by atoms with E-state index in [-0.39, 0.29) is 0 Å². The van der Waals surface area contributed by atoms with Crippen molar-refractivity contribution < 1.29 is 5.11 Å². The molecule has 0 saturated heterocycles. The van der Waals surface area contributed by atoms with Crippen molar-refractivity contribution in [2.75, 3.05) is 0 Å². The average Bonchev–Trinajstić information content (AvgIpc) is 2.91. The summed E-state index contributed by atoms with van der Waals surface area (Å²) in [5.74, 6) is 0.409. The maximum absolute atomic E-state index is 10.4. The topological polar surface area (TPSA) is 46.0 Å². The Hall–Kier alpha value is -0.960. The molecule has 1 aliphatic rings.